The molecule has 1 amide bonds. The smallest absolute Gasteiger partial charge is 0.243 e. The molecule has 0 atom stereocenters. The van der Waals surface area contributed by atoms with Gasteiger partial charge in [-0.1, -0.05) is 0 Å². The fourth-order valence-electron chi connectivity index (χ4n) is 3.61. The summed E-state index contributed by atoms with van der Waals surface area (Å²) in [6.45, 7) is 1.42. The second-order valence-corrected chi connectivity index (χ2v) is 9.14. The predicted octanol–water partition coefficient (Wildman–Crippen LogP) is 2.51. The van der Waals surface area contributed by atoms with Gasteiger partial charge in [0, 0.05) is 30.8 Å². The van der Waals surface area contributed by atoms with Crippen LogP contribution in [0, 0.1) is 5.92 Å². The van der Waals surface area contributed by atoms with Gasteiger partial charge in [-0.05, 0) is 49.2 Å². The van der Waals surface area contributed by atoms with Crippen LogP contribution in [0.25, 0.3) is 0 Å². The van der Waals surface area contributed by atoms with Gasteiger partial charge in [-0.15, -0.1) is 0 Å². The molecule has 0 aromatic heterocycles. The highest BCUT2D eigenvalue weighted by Crippen LogP contribution is 2.34. The Labute approximate surface area is 175 Å². The number of methoxy groups -OCH3 is 1. The van der Waals surface area contributed by atoms with Crippen LogP contribution in [0.4, 0.5) is 5.69 Å². The van der Waals surface area contributed by atoms with Crippen molar-refractivity contribution in [3.05, 3.63) is 42.5 Å². The highest BCUT2D eigenvalue weighted by Gasteiger charge is 2.33. The summed E-state index contributed by atoms with van der Waals surface area (Å²) in [5.74, 6) is 1.37. The van der Waals surface area contributed by atoms with Crippen LogP contribution in [0.5, 0.6) is 17.2 Å². The first-order valence-electron chi connectivity index (χ1n) is 9.82. The summed E-state index contributed by atoms with van der Waals surface area (Å²) in [6.07, 6.45) is 0.928. The lowest BCUT2D eigenvalue weighted by Gasteiger charge is -2.30. The van der Waals surface area contributed by atoms with E-state index >= 15 is 0 Å². The molecule has 0 saturated carbocycles. The molecule has 2 aliphatic rings. The fourth-order valence-corrected chi connectivity index (χ4v) is 5.10. The highest BCUT2D eigenvalue weighted by molar-refractivity contribution is 7.89. The standard InChI is InChI=1S/C21H24N2O6S/c1-27-17-4-2-16(3-5-17)22-21(24)15-8-10-23(11-9-15)30(25,26)18-6-7-19-20(14-18)29-13-12-28-19/h2-7,14-15H,8-13H2,1H3,(H,22,24). The molecule has 0 spiro atoms. The molecule has 2 heterocycles. The van der Waals surface area contributed by atoms with Crippen LogP contribution in [0.3, 0.4) is 0 Å². The minimum Gasteiger partial charge on any atom is -0.497 e. The van der Waals surface area contributed by atoms with Gasteiger partial charge in [-0.3, -0.25) is 4.79 Å². The van der Waals surface area contributed by atoms with Crippen LogP contribution in [0.1, 0.15) is 12.8 Å². The molecule has 8 nitrogen and oxygen atoms in total. The normalized spacial score (nSPS) is 17.4. The van der Waals surface area contributed by atoms with Crippen LogP contribution in [0.2, 0.25) is 0 Å². The minimum atomic E-state index is -3.66. The predicted molar refractivity (Wildman–Crippen MR) is 111 cm³/mol. The van der Waals surface area contributed by atoms with E-state index in [0.29, 0.717) is 49.0 Å². The van der Waals surface area contributed by atoms with Crippen LogP contribution in [0.15, 0.2) is 47.4 Å². The third kappa shape index (κ3) is 4.22. The summed E-state index contributed by atoms with van der Waals surface area (Å²) < 4.78 is 43.5. The van der Waals surface area contributed by atoms with E-state index in [1.54, 1.807) is 37.4 Å². The van der Waals surface area contributed by atoms with Gasteiger partial charge >= 0.3 is 0 Å². The Hall–Kier alpha value is -2.78. The number of amides is 1. The number of carbonyl (C=O) groups excluding carboxylic acids is 1. The van der Waals surface area contributed by atoms with E-state index in [9.17, 15) is 13.2 Å². The topological polar surface area (TPSA) is 94.2 Å². The zero-order chi connectivity index (χ0) is 21.1. The van der Waals surface area contributed by atoms with Crippen molar-refractivity contribution < 1.29 is 27.4 Å². The van der Waals surface area contributed by atoms with Crippen molar-refractivity contribution >= 4 is 21.6 Å². The van der Waals surface area contributed by atoms with Crippen molar-refractivity contribution in [1.29, 1.82) is 0 Å². The second kappa shape index (κ2) is 8.53. The summed E-state index contributed by atoms with van der Waals surface area (Å²) in [4.78, 5) is 12.7. The highest BCUT2D eigenvalue weighted by atomic mass is 32.2. The molecule has 4 rings (SSSR count). The van der Waals surface area contributed by atoms with Gasteiger partial charge < -0.3 is 19.5 Å². The Bertz CT molecular complexity index is 1010. The van der Waals surface area contributed by atoms with E-state index in [0.717, 1.165) is 0 Å². The maximum Gasteiger partial charge on any atom is 0.243 e. The number of piperidine rings is 1. The molecule has 30 heavy (non-hydrogen) atoms. The molecular weight excluding hydrogens is 408 g/mol. The number of carbonyl (C=O) groups is 1. The largest absolute Gasteiger partial charge is 0.497 e. The summed E-state index contributed by atoms with van der Waals surface area (Å²) >= 11 is 0. The van der Waals surface area contributed by atoms with Crippen molar-refractivity contribution in [1.82, 2.24) is 4.31 Å². The second-order valence-electron chi connectivity index (χ2n) is 7.20. The summed E-state index contributed by atoms with van der Waals surface area (Å²) in [7, 11) is -2.08. The van der Waals surface area contributed by atoms with E-state index in [1.807, 2.05) is 0 Å². The number of hydrogen-bond donors (Lipinski definition) is 1. The third-order valence-electron chi connectivity index (χ3n) is 5.33. The Morgan fingerprint density at radius 1 is 1.03 bits per heavy atom. The zero-order valence-corrected chi connectivity index (χ0v) is 17.5. The quantitative estimate of drug-likeness (QED) is 0.780. The Kier molecular flexibility index (Phi) is 5.83. The number of anilines is 1. The minimum absolute atomic E-state index is 0.100. The van der Waals surface area contributed by atoms with Gasteiger partial charge in [-0.2, -0.15) is 4.31 Å². The lowest BCUT2D eigenvalue weighted by molar-refractivity contribution is -0.120. The first-order valence-corrected chi connectivity index (χ1v) is 11.3. The van der Waals surface area contributed by atoms with Gasteiger partial charge in [-0.25, -0.2) is 8.42 Å². The van der Waals surface area contributed by atoms with Crippen molar-refractivity contribution in [2.24, 2.45) is 5.92 Å². The van der Waals surface area contributed by atoms with E-state index < -0.39 is 10.0 Å². The van der Waals surface area contributed by atoms with Gasteiger partial charge in [0.2, 0.25) is 15.9 Å². The first kappa shape index (κ1) is 20.5. The number of ether oxygens (including phenoxy) is 3. The van der Waals surface area contributed by atoms with Crippen LogP contribution >= 0.6 is 0 Å². The molecule has 160 valence electrons. The van der Waals surface area contributed by atoms with Crippen molar-refractivity contribution in [2.75, 3.05) is 38.7 Å². The molecule has 2 aromatic carbocycles. The van der Waals surface area contributed by atoms with Crippen molar-refractivity contribution in [3.63, 3.8) is 0 Å². The molecule has 0 unspecified atom stereocenters. The van der Waals surface area contributed by atoms with Crippen LogP contribution in [-0.2, 0) is 14.8 Å². The maximum absolute atomic E-state index is 13.0. The van der Waals surface area contributed by atoms with Gasteiger partial charge in [0.1, 0.15) is 19.0 Å². The summed E-state index contributed by atoms with van der Waals surface area (Å²) in [6, 6.07) is 11.8. The molecular formula is C21H24N2O6S. The Morgan fingerprint density at radius 3 is 2.37 bits per heavy atom. The van der Waals surface area contributed by atoms with Crippen LogP contribution < -0.4 is 19.5 Å². The average Bonchev–Trinajstić information content (AvgIpc) is 2.79. The van der Waals surface area contributed by atoms with Crippen molar-refractivity contribution in [3.8, 4) is 17.2 Å². The Morgan fingerprint density at radius 2 is 1.70 bits per heavy atom. The number of nitrogens with zero attached hydrogens (tertiary/aromatic N) is 1. The van der Waals surface area contributed by atoms with E-state index in [4.69, 9.17) is 14.2 Å². The lowest BCUT2D eigenvalue weighted by atomic mass is 9.97. The first-order chi connectivity index (χ1) is 14.5. The molecule has 1 N–H and O–H groups in total. The van der Waals surface area contributed by atoms with E-state index in [-0.39, 0.29) is 29.8 Å². The van der Waals surface area contributed by atoms with Gasteiger partial charge in [0.15, 0.2) is 11.5 Å². The summed E-state index contributed by atoms with van der Waals surface area (Å²) in [5.41, 5.74) is 0.687. The third-order valence-corrected chi connectivity index (χ3v) is 7.23. The maximum atomic E-state index is 13.0. The van der Waals surface area contributed by atoms with Crippen LogP contribution in [-0.4, -0.2) is 52.0 Å². The molecule has 0 aliphatic carbocycles. The SMILES string of the molecule is COc1ccc(NC(=O)C2CCN(S(=O)(=O)c3ccc4c(c3)OCCO4)CC2)cc1. The molecule has 2 aromatic rings. The molecule has 0 bridgehead atoms. The molecule has 1 fully saturated rings. The molecule has 2 aliphatic heterocycles. The number of hydrogen-bond acceptors (Lipinski definition) is 6. The number of nitrogens with one attached hydrogen (secondary N) is 1. The monoisotopic (exact) mass is 432 g/mol. The Balaban J connectivity index is 1.38. The van der Waals surface area contributed by atoms with E-state index in [1.165, 1.54) is 16.4 Å². The fraction of sp³-hybridized carbons (Fsp3) is 0.381. The number of sulfonamides is 1. The van der Waals surface area contributed by atoms with Crippen molar-refractivity contribution in [2.45, 2.75) is 17.7 Å². The molecule has 9 heteroatoms. The number of benzene rings is 2. The zero-order valence-electron chi connectivity index (χ0n) is 16.7. The van der Waals surface area contributed by atoms with Gasteiger partial charge in [0.05, 0.1) is 12.0 Å². The van der Waals surface area contributed by atoms with E-state index in [2.05, 4.69) is 5.32 Å². The number of fused-ring (bicyclic) bond motifs is 1. The lowest BCUT2D eigenvalue weighted by Crippen LogP contribution is -2.41. The molecule has 0 radical (unpaired) electrons. The summed E-state index contributed by atoms with van der Waals surface area (Å²) in [5, 5.41) is 2.89. The average molecular weight is 432 g/mol. The van der Waals surface area contributed by atoms with Gasteiger partial charge in [0.25, 0.3) is 0 Å². The number of rotatable bonds is 5. The molecule has 1 saturated heterocycles.